The second-order valence-corrected chi connectivity index (χ2v) is 4.94. The molecule has 1 aromatic carbocycles. The Labute approximate surface area is 122 Å². The summed E-state index contributed by atoms with van der Waals surface area (Å²) >= 11 is 5.37. The van der Waals surface area contributed by atoms with Crippen LogP contribution in [0.15, 0.2) is 47.0 Å². The minimum atomic E-state index is 0.645. The van der Waals surface area contributed by atoms with Crippen LogP contribution in [-0.2, 0) is 0 Å². The lowest BCUT2D eigenvalue weighted by atomic mass is 10.3. The quantitative estimate of drug-likeness (QED) is 0.711. The number of H-pyrrole nitrogens is 1. The van der Waals surface area contributed by atoms with Gasteiger partial charge in [0.1, 0.15) is 11.5 Å². The lowest BCUT2D eigenvalue weighted by Gasteiger charge is -2.04. The number of hydrogen-bond donors (Lipinski definition) is 2. The molecule has 3 aromatic rings. The lowest BCUT2D eigenvalue weighted by Crippen LogP contribution is -1.93. The van der Waals surface area contributed by atoms with Crippen molar-refractivity contribution in [2.24, 2.45) is 0 Å². The minimum absolute atomic E-state index is 0.645. The molecule has 0 fully saturated rings. The molecule has 5 heteroatoms. The van der Waals surface area contributed by atoms with Gasteiger partial charge in [0.25, 0.3) is 0 Å². The molecule has 0 aliphatic heterocycles. The lowest BCUT2D eigenvalue weighted by molar-refractivity contribution is 0.546. The highest BCUT2D eigenvalue weighted by Gasteiger charge is 2.08. The molecule has 102 valence electrons. The van der Waals surface area contributed by atoms with E-state index in [2.05, 4.69) is 10.3 Å². The maximum absolute atomic E-state index is 5.61. The van der Waals surface area contributed by atoms with Gasteiger partial charge in [-0.05, 0) is 55.5 Å². The van der Waals surface area contributed by atoms with E-state index < -0.39 is 0 Å². The number of hydrogen-bond acceptors (Lipinski definition) is 3. The molecule has 20 heavy (non-hydrogen) atoms. The molecule has 0 unspecified atom stereocenters. The fraction of sp³-hybridized carbons (Fsp3) is 0.133. The van der Waals surface area contributed by atoms with Gasteiger partial charge >= 0.3 is 0 Å². The topological polar surface area (TPSA) is 45.9 Å². The summed E-state index contributed by atoms with van der Waals surface area (Å²) in [6.07, 6.45) is 1.95. The Morgan fingerprint density at radius 2 is 1.90 bits per heavy atom. The predicted octanol–water partition coefficient (Wildman–Crippen LogP) is 4.15. The van der Waals surface area contributed by atoms with Crippen LogP contribution in [0.3, 0.4) is 0 Å². The third-order valence-electron chi connectivity index (χ3n) is 3.16. The summed E-state index contributed by atoms with van der Waals surface area (Å²) in [6, 6.07) is 11.9. The van der Waals surface area contributed by atoms with Crippen LogP contribution in [0.1, 0.15) is 5.76 Å². The third kappa shape index (κ3) is 2.28. The Bertz CT molecular complexity index is 780. The molecule has 0 saturated heterocycles. The van der Waals surface area contributed by atoms with Crippen LogP contribution in [-0.4, -0.2) is 16.6 Å². The summed E-state index contributed by atoms with van der Waals surface area (Å²) in [4.78, 5) is 3.17. The van der Waals surface area contributed by atoms with Crippen molar-refractivity contribution in [3.05, 3.63) is 53.1 Å². The first kappa shape index (κ1) is 12.7. The zero-order valence-corrected chi connectivity index (χ0v) is 12.1. The highest BCUT2D eigenvalue weighted by atomic mass is 32.1. The van der Waals surface area contributed by atoms with E-state index in [0.29, 0.717) is 4.77 Å². The molecular formula is C15H15N3OS. The van der Waals surface area contributed by atoms with Crippen LogP contribution in [0.5, 0.6) is 0 Å². The Balaban J connectivity index is 2.02. The van der Waals surface area contributed by atoms with E-state index in [1.807, 2.05) is 61.1 Å². The van der Waals surface area contributed by atoms with Crippen molar-refractivity contribution in [1.29, 1.82) is 0 Å². The summed E-state index contributed by atoms with van der Waals surface area (Å²) in [6.45, 7) is 1.92. The second kappa shape index (κ2) is 5.02. The summed E-state index contributed by atoms with van der Waals surface area (Å²) in [7, 11) is 1.90. The Kier molecular flexibility index (Phi) is 3.20. The van der Waals surface area contributed by atoms with Gasteiger partial charge in [-0.3, -0.25) is 4.57 Å². The predicted molar refractivity (Wildman–Crippen MR) is 82.9 cm³/mol. The first-order valence-electron chi connectivity index (χ1n) is 6.34. The molecule has 0 aliphatic carbocycles. The number of aromatic amines is 1. The molecule has 0 bridgehead atoms. The monoisotopic (exact) mass is 285 g/mol. The first-order valence-corrected chi connectivity index (χ1v) is 6.75. The SMILES string of the molecule is CNc1ccc(-n2cc(-c3ccc(C)o3)[nH]c2=S)cc1. The van der Waals surface area contributed by atoms with Crippen molar-refractivity contribution in [2.75, 3.05) is 12.4 Å². The zero-order chi connectivity index (χ0) is 14.1. The maximum atomic E-state index is 5.61. The number of furan rings is 1. The highest BCUT2D eigenvalue weighted by Crippen LogP contribution is 2.22. The van der Waals surface area contributed by atoms with Crippen molar-refractivity contribution in [3.8, 4) is 17.1 Å². The van der Waals surface area contributed by atoms with Crippen molar-refractivity contribution >= 4 is 17.9 Å². The molecule has 0 spiro atoms. The number of aryl methyl sites for hydroxylation is 1. The molecule has 0 atom stereocenters. The molecule has 0 saturated carbocycles. The van der Waals surface area contributed by atoms with E-state index in [0.717, 1.165) is 28.6 Å². The zero-order valence-electron chi connectivity index (χ0n) is 11.3. The largest absolute Gasteiger partial charge is 0.460 e. The summed E-state index contributed by atoms with van der Waals surface area (Å²) in [5.41, 5.74) is 2.96. The van der Waals surface area contributed by atoms with Gasteiger partial charge in [0.2, 0.25) is 0 Å². The number of aromatic nitrogens is 2. The molecule has 0 amide bonds. The molecule has 3 rings (SSSR count). The van der Waals surface area contributed by atoms with Crippen molar-refractivity contribution in [3.63, 3.8) is 0 Å². The van der Waals surface area contributed by atoms with Crippen LogP contribution in [0.2, 0.25) is 0 Å². The third-order valence-corrected chi connectivity index (χ3v) is 3.46. The number of imidazole rings is 1. The van der Waals surface area contributed by atoms with Crippen LogP contribution in [0, 0.1) is 11.7 Å². The summed E-state index contributed by atoms with van der Waals surface area (Å²) in [5.74, 6) is 1.67. The van der Waals surface area contributed by atoms with E-state index in [1.165, 1.54) is 0 Å². The van der Waals surface area contributed by atoms with E-state index in [-0.39, 0.29) is 0 Å². The number of anilines is 1. The molecule has 2 heterocycles. The molecule has 2 aromatic heterocycles. The van der Waals surface area contributed by atoms with Crippen LogP contribution in [0.4, 0.5) is 5.69 Å². The maximum Gasteiger partial charge on any atom is 0.182 e. The van der Waals surface area contributed by atoms with Gasteiger partial charge in [-0.2, -0.15) is 0 Å². The van der Waals surface area contributed by atoms with Gasteiger partial charge in [0.15, 0.2) is 10.5 Å². The first-order chi connectivity index (χ1) is 9.67. The number of nitrogens with one attached hydrogen (secondary N) is 2. The van der Waals surface area contributed by atoms with Gasteiger partial charge in [-0.25, -0.2) is 0 Å². The normalized spacial score (nSPS) is 10.7. The van der Waals surface area contributed by atoms with Crippen molar-refractivity contribution in [1.82, 2.24) is 9.55 Å². The van der Waals surface area contributed by atoms with Crippen molar-refractivity contribution < 1.29 is 4.42 Å². The van der Waals surface area contributed by atoms with Gasteiger partial charge in [0.05, 0.1) is 0 Å². The smallest absolute Gasteiger partial charge is 0.182 e. The van der Waals surface area contributed by atoms with Crippen LogP contribution in [0.25, 0.3) is 17.1 Å². The molecular weight excluding hydrogens is 270 g/mol. The summed E-state index contributed by atoms with van der Waals surface area (Å²) < 4.78 is 8.19. The van der Waals surface area contributed by atoms with E-state index in [1.54, 1.807) is 0 Å². The van der Waals surface area contributed by atoms with Gasteiger partial charge in [-0.15, -0.1) is 0 Å². The Hall–Kier alpha value is -2.27. The minimum Gasteiger partial charge on any atom is -0.460 e. The van der Waals surface area contributed by atoms with Crippen molar-refractivity contribution in [2.45, 2.75) is 6.92 Å². The van der Waals surface area contributed by atoms with E-state index in [4.69, 9.17) is 16.6 Å². The van der Waals surface area contributed by atoms with E-state index >= 15 is 0 Å². The Morgan fingerprint density at radius 1 is 1.15 bits per heavy atom. The number of rotatable bonds is 3. The molecule has 0 aliphatic rings. The van der Waals surface area contributed by atoms with Crippen LogP contribution < -0.4 is 5.32 Å². The van der Waals surface area contributed by atoms with Crippen LogP contribution >= 0.6 is 12.2 Å². The van der Waals surface area contributed by atoms with Gasteiger partial charge < -0.3 is 14.7 Å². The number of nitrogens with zero attached hydrogens (tertiary/aromatic N) is 1. The average Bonchev–Trinajstić information content (AvgIpc) is 3.05. The standard InChI is InChI=1S/C15H15N3OS/c1-10-3-8-14(19-10)13-9-18(15(20)17-13)12-6-4-11(16-2)5-7-12/h3-9,16H,1-2H3,(H,17,20). The number of benzene rings is 1. The molecule has 2 N–H and O–H groups in total. The average molecular weight is 285 g/mol. The van der Waals surface area contributed by atoms with Gasteiger partial charge in [-0.1, -0.05) is 0 Å². The Morgan fingerprint density at radius 3 is 2.50 bits per heavy atom. The summed E-state index contributed by atoms with van der Waals surface area (Å²) in [5, 5.41) is 3.10. The van der Waals surface area contributed by atoms with E-state index in [9.17, 15) is 0 Å². The van der Waals surface area contributed by atoms with Gasteiger partial charge in [0, 0.05) is 24.6 Å². The second-order valence-electron chi connectivity index (χ2n) is 4.55. The highest BCUT2D eigenvalue weighted by molar-refractivity contribution is 7.71. The molecule has 4 nitrogen and oxygen atoms in total. The fourth-order valence-electron chi connectivity index (χ4n) is 2.08. The fourth-order valence-corrected chi connectivity index (χ4v) is 2.35. The molecule has 0 radical (unpaired) electrons.